The van der Waals surface area contributed by atoms with Crippen LogP contribution >= 0.6 is 0 Å². The first kappa shape index (κ1) is 15.7. The molecule has 1 saturated heterocycles. The fraction of sp³-hybridized carbons (Fsp3) is 0.800. The van der Waals surface area contributed by atoms with E-state index in [1.165, 1.54) is 57.8 Å². The van der Waals surface area contributed by atoms with E-state index in [1.54, 1.807) is 6.33 Å². The minimum atomic E-state index is 0.238. The van der Waals surface area contributed by atoms with Gasteiger partial charge < -0.3 is 16.0 Å². The number of piperidine rings is 1. The number of aromatic nitrogens is 2. The number of nitrogen functional groups attached to an aromatic ring is 1. The van der Waals surface area contributed by atoms with Gasteiger partial charge in [0.15, 0.2) is 11.6 Å². The predicted molar refractivity (Wildman–Crippen MR) is 102 cm³/mol. The van der Waals surface area contributed by atoms with Gasteiger partial charge in [-0.15, -0.1) is 0 Å². The van der Waals surface area contributed by atoms with E-state index in [-0.39, 0.29) is 5.54 Å². The Bertz CT molecular complexity index is 622. The Morgan fingerprint density at radius 2 is 1.76 bits per heavy atom. The Morgan fingerprint density at radius 3 is 2.40 bits per heavy atom. The lowest BCUT2D eigenvalue weighted by atomic mass is 9.53. The summed E-state index contributed by atoms with van der Waals surface area (Å²) in [6.07, 6.45) is 13.7. The smallest absolute Gasteiger partial charge is 0.157 e. The molecule has 5 heteroatoms. The molecule has 0 radical (unpaired) electrons. The number of rotatable bonds is 3. The number of hydrogen-bond donors (Lipinski definition) is 2. The third kappa shape index (κ3) is 2.67. The van der Waals surface area contributed by atoms with E-state index < -0.39 is 0 Å². The van der Waals surface area contributed by atoms with Crippen molar-refractivity contribution in [1.82, 2.24) is 9.97 Å². The standard InChI is InChI=1S/C20H31N5/c1-13-4-2-3-5-25(13)19-17(21)18(22-12-23-19)24-20-9-14-6-15(10-20)8-16(7-14)11-20/h12-16H,2-11,21H2,1H3,(H,22,23,24). The van der Waals surface area contributed by atoms with Crippen molar-refractivity contribution < 1.29 is 0 Å². The summed E-state index contributed by atoms with van der Waals surface area (Å²) in [5.41, 5.74) is 7.57. The lowest BCUT2D eigenvalue weighted by Gasteiger charge is -2.57. The number of nitrogens with zero attached hydrogens (tertiary/aromatic N) is 3. The van der Waals surface area contributed by atoms with Crippen LogP contribution in [-0.4, -0.2) is 28.1 Å². The molecule has 6 rings (SSSR count). The Morgan fingerprint density at radius 1 is 1.08 bits per heavy atom. The molecule has 1 aromatic rings. The Hall–Kier alpha value is -1.52. The monoisotopic (exact) mass is 341 g/mol. The average molecular weight is 342 g/mol. The topological polar surface area (TPSA) is 67.1 Å². The molecule has 2 heterocycles. The summed E-state index contributed by atoms with van der Waals surface area (Å²) >= 11 is 0. The Balaban J connectivity index is 1.42. The van der Waals surface area contributed by atoms with E-state index in [4.69, 9.17) is 5.73 Å². The zero-order valence-electron chi connectivity index (χ0n) is 15.4. The van der Waals surface area contributed by atoms with Crippen LogP contribution in [0.3, 0.4) is 0 Å². The lowest BCUT2D eigenvalue weighted by molar-refractivity contribution is 0.0106. The lowest BCUT2D eigenvalue weighted by Crippen LogP contribution is -2.55. The van der Waals surface area contributed by atoms with Crippen LogP contribution in [0.2, 0.25) is 0 Å². The highest BCUT2D eigenvalue weighted by Crippen LogP contribution is 2.56. The molecule has 4 aliphatic carbocycles. The number of nitrogens with two attached hydrogens (primary N) is 1. The first-order chi connectivity index (χ1) is 12.1. The normalized spacial score (nSPS) is 39.6. The quantitative estimate of drug-likeness (QED) is 0.875. The fourth-order valence-corrected chi connectivity index (χ4v) is 6.64. The zero-order valence-corrected chi connectivity index (χ0v) is 15.4. The Kier molecular flexibility index (Phi) is 3.61. The van der Waals surface area contributed by atoms with Gasteiger partial charge in [0.05, 0.1) is 0 Å². The molecule has 25 heavy (non-hydrogen) atoms. The largest absolute Gasteiger partial charge is 0.393 e. The molecule has 136 valence electrons. The maximum absolute atomic E-state index is 6.58. The summed E-state index contributed by atoms with van der Waals surface area (Å²) in [6.45, 7) is 3.34. The molecule has 5 nitrogen and oxygen atoms in total. The van der Waals surface area contributed by atoms with Crippen LogP contribution in [0, 0.1) is 17.8 Å². The van der Waals surface area contributed by atoms with Crippen molar-refractivity contribution in [3.8, 4) is 0 Å². The summed E-state index contributed by atoms with van der Waals surface area (Å²) in [4.78, 5) is 11.5. The van der Waals surface area contributed by atoms with Gasteiger partial charge in [-0.25, -0.2) is 9.97 Å². The predicted octanol–water partition coefficient (Wildman–Crippen LogP) is 3.82. The Labute approximate surface area is 150 Å². The summed E-state index contributed by atoms with van der Waals surface area (Å²) in [7, 11) is 0. The number of nitrogens with one attached hydrogen (secondary N) is 1. The van der Waals surface area contributed by atoms with Gasteiger partial charge in [-0.2, -0.15) is 0 Å². The van der Waals surface area contributed by atoms with Crippen molar-refractivity contribution in [2.24, 2.45) is 17.8 Å². The maximum Gasteiger partial charge on any atom is 0.157 e. The van der Waals surface area contributed by atoms with Crippen molar-refractivity contribution in [2.45, 2.75) is 76.3 Å². The average Bonchev–Trinajstić information content (AvgIpc) is 2.56. The van der Waals surface area contributed by atoms with E-state index in [9.17, 15) is 0 Å². The van der Waals surface area contributed by atoms with Crippen LogP contribution in [0.4, 0.5) is 17.3 Å². The van der Waals surface area contributed by atoms with Crippen molar-refractivity contribution in [2.75, 3.05) is 22.5 Å². The van der Waals surface area contributed by atoms with Crippen molar-refractivity contribution in [3.05, 3.63) is 6.33 Å². The molecule has 5 aliphatic rings. The van der Waals surface area contributed by atoms with Crippen LogP contribution in [0.25, 0.3) is 0 Å². The minimum Gasteiger partial charge on any atom is -0.393 e. The van der Waals surface area contributed by atoms with E-state index in [0.717, 1.165) is 41.6 Å². The highest BCUT2D eigenvalue weighted by molar-refractivity contribution is 5.75. The van der Waals surface area contributed by atoms with Gasteiger partial charge >= 0.3 is 0 Å². The van der Waals surface area contributed by atoms with Crippen molar-refractivity contribution >= 4 is 17.3 Å². The first-order valence-electron chi connectivity index (χ1n) is 10.3. The molecular formula is C20H31N5. The van der Waals surface area contributed by atoms with Gasteiger partial charge in [-0.3, -0.25) is 0 Å². The van der Waals surface area contributed by atoms with Gasteiger partial charge in [0.25, 0.3) is 0 Å². The van der Waals surface area contributed by atoms with Crippen molar-refractivity contribution in [1.29, 1.82) is 0 Å². The second-order valence-electron chi connectivity index (χ2n) is 9.32. The molecule has 4 bridgehead atoms. The molecule has 1 unspecified atom stereocenters. The number of hydrogen-bond acceptors (Lipinski definition) is 5. The van der Waals surface area contributed by atoms with Gasteiger partial charge in [-0.1, -0.05) is 0 Å². The summed E-state index contributed by atoms with van der Waals surface area (Å²) < 4.78 is 0. The number of anilines is 3. The van der Waals surface area contributed by atoms with Crippen molar-refractivity contribution in [3.63, 3.8) is 0 Å². The maximum atomic E-state index is 6.58. The van der Waals surface area contributed by atoms with Gasteiger partial charge in [-0.05, 0) is 82.5 Å². The highest BCUT2D eigenvalue weighted by Gasteiger charge is 2.51. The molecule has 3 N–H and O–H groups in total. The summed E-state index contributed by atoms with van der Waals surface area (Å²) in [6, 6.07) is 0.512. The van der Waals surface area contributed by atoms with Crippen LogP contribution < -0.4 is 16.0 Å². The van der Waals surface area contributed by atoms with E-state index in [0.29, 0.717) is 6.04 Å². The molecule has 0 amide bonds. The molecule has 0 spiro atoms. The second kappa shape index (κ2) is 5.75. The van der Waals surface area contributed by atoms with Crippen LogP contribution in [0.5, 0.6) is 0 Å². The summed E-state index contributed by atoms with van der Waals surface area (Å²) in [5.74, 6) is 4.58. The van der Waals surface area contributed by atoms with E-state index in [2.05, 4.69) is 27.1 Å². The molecule has 1 aliphatic heterocycles. The van der Waals surface area contributed by atoms with Gasteiger partial charge in [0.1, 0.15) is 12.0 Å². The minimum absolute atomic E-state index is 0.238. The SMILES string of the molecule is CC1CCCCN1c1ncnc(NC23CC4CC(CC(C4)C2)C3)c1N. The van der Waals surface area contributed by atoms with E-state index in [1.807, 2.05) is 0 Å². The second-order valence-corrected chi connectivity index (χ2v) is 9.32. The molecule has 1 atom stereocenters. The van der Waals surface area contributed by atoms with Gasteiger partial charge in [0, 0.05) is 18.1 Å². The molecule has 5 fully saturated rings. The molecule has 0 aromatic carbocycles. The van der Waals surface area contributed by atoms with Gasteiger partial charge in [0.2, 0.25) is 0 Å². The first-order valence-corrected chi connectivity index (χ1v) is 10.3. The third-order valence-electron chi connectivity index (χ3n) is 7.36. The molecular weight excluding hydrogens is 310 g/mol. The van der Waals surface area contributed by atoms with Crippen LogP contribution in [0.1, 0.15) is 64.7 Å². The molecule has 4 saturated carbocycles. The van der Waals surface area contributed by atoms with E-state index >= 15 is 0 Å². The zero-order chi connectivity index (χ0) is 17.0. The molecule has 1 aromatic heterocycles. The van der Waals surface area contributed by atoms with Crippen LogP contribution in [0.15, 0.2) is 6.33 Å². The van der Waals surface area contributed by atoms with Crippen LogP contribution in [-0.2, 0) is 0 Å². The highest BCUT2D eigenvalue weighted by atomic mass is 15.2. The summed E-state index contributed by atoms with van der Waals surface area (Å²) in [5, 5.41) is 3.85. The fourth-order valence-electron chi connectivity index (χ4n) is 6.64. The third-order valence-corrected chi connectivity index (χ3v) is 7.36.